The van der Waals surface area contributed by atoms with Crippen molar-refractivity contribution in [1.29, 1.82) is 0 Å². The van der Waals surface area contributed by atoms with Crippen molar-refractivity contribution in [2.45, 2.75) is 27.3 Å². The average molecular weight is 285 g/mol. The van der Waals surface area contributed by atoms with E-state index < -0.39 is 0 Å². The molecule has 1 rings (SSSR count). The van der Waals surface area contributed by atoms with Crippen molar-refractivity contribution in [3.63, 3.8) is 0 Å². The Morgan fingerprint density at radius 3 is 2.38 bits per heavy atom. The molecule has 0 saturated heterocycles. The van der Waals surface area contributed by atoms with Crippen LogP contribution >= 0.6 is 0 Å². The minimum Gasteiger partial charge on any atom is -0.460 e. The van der Waals surface area contributed by atoms with E-state index in [-0.39, 0.29) is 5.97 Å². The molecule has 21 heavy (non-hydrogen) atoms. The quantitative estimate of drug-likeness (QED) is 0.429. The van der Waals surface area contributed by atoms with Crippen molar-refractivity contribution in [1.82, 2.24) is 4.57 Å². The molecule has 3 nitrogen and oxygen atoms in total. The summed E-state index contributed by atoms with van der Waals surface area (Å²) in [7, 11) is 0. The van der Waals surface area contributed by atoms with E-state index in [9.17, 15) is 4.79 Å². The van der Waals surface area contributed by atoms with Gasteiger partial charge in [-0.1, -0.05) is 31.9 Å². The fourth-order valence-electron chi connectivity index (χ4n) is 2.15. The Balaban J connectivity index is 3.03. The molecular weight excluding hydrogens is 262 g/mol. The highest BCUT2D eigenvalue weighted by atomic mass is 16.5. The molecule has 0 atom stereocenters. The summed E-state index contributed by atoms with van der Waals surface area (Å²) < 4.78 is 7.28. The van der Waals surface area contributed by atoms with Crippen LogP contribution in [0.25, 0.3) is 12.2 Å². The molecule has 0 saturated carbocycles. The first-order valence-electron chi connectivity index (χ1n) is 6.87. The van der Waals surface area contributed by atoms with Crippen molar-refractivity contribution in [3.8, 4) is 0 Å². The highest BCUT2D eigenvalue weighted by Gasteiger charge is 2.14. The summed E-state index contributed by atoms with van der Waals surface area (Å²) in [6.45, 7) is 17.8. The molecule has 0 aromatic carbocycles. The molecule has 0 N–H and O–H groups in total. The van der Waals surface area contributed by atoms with E-state index in [0.29, 0.717) is 18.7 Å². The number of esters is 1. The molecule has 0 amide bonds. The number of aromatic nitrogens is 1. The number of carbonyl (C=O) groups excluding carboxylic acids is 1. The van der Waals surface area contributed by atoms with Crippen LogP contribution in [0.1, 0.15) is 29.4 Å². The molecule has 3 heteroatoms. The second-order valence-corrected chi connectivity index (χ2v) is 4.89. The van der Waals surface area contributed by atoms with E-state index in [1.54, 1.807) is 13.0 Å². The Morgan fingerprint density at radius 1 is 1.24 bits per heavy atom. The summed E-state index contributed by atoms with van der Waals surface area (Å²) in [5, 5.41) is 0. The van der Waals surface area contributed by atoms with E-state index in [0.717, 1.165) is 11.4 Å². The maximum atomic E-state index is 11.4. The molecule has 0 radical (unpaired) electrons. The van der Waals surface area contributed by atoms with E-state index >= 15 is 0 Å². The molecular formula is C18H23NO2. The van der Waals surface area contributed by atoms with E-state index in [4.69, 9.17) is 4.74 Å². The monoisotopic (exact) mass is 285 g/mol. The summed E-state index contributed by atoms with van der Waals surface area (Å²) >= 11 is 0. The number of hydrogen-bond donors (Lipinski definition) is 0. The van der Waals surface area contributed by atoms with Gasteiger partial charge in [0.1, 0.15) is 6.61 Å². The van der Waals surface area contributed by atoms with Crippen LogP contribution in [0.5, 0.6) is 0 Å². The highest BCUT2D eigenvalue weighted by molar-refractivity contribution is 5.86. The van der Waals surface area contributed by atoms with Crippen molar-refractivity contribution < 1.29 is 9.53 Å². The van der Waals surface area contributed by atoms with Gasteiger partial charge in [0, 0.05) is 17.0 Å². The van der Waals surface area contributed by atoms with Crippen molar-refractivity contribution in [2.75, 3.05) is 6.61 Å². The van der Waals surface area contributed by atoms with Gasteiger partial charge < -0.3 is 9.30 Å². The van der Waals surface area contributed by atoms with Crippen LogP contribution in [0.3, 0.4) is 0 Å². The molecule has 0 aliphatic heterocycles. The van der Waals surface area contributed by atoms with Gasteiger partial charge in [0.15, 0.2) is 0 Å². The lowest BCUT2D eigenvalue weighted by Gasteiger charge is -2.11. The van der Waals surface area contributed by atoms with Crippen molar-refractivity contribution in [3.05, 3.63) is 60.0 Å². The zero-order valence-electron chi connectivity index (χ0n) is 13.1. The minimum atomic E-state index is -0.362. The first kappa shape index (κ1) is 16.8. The van der Waals surface area contributed by atoms with Crippen LogP contribution in [-0.2, 0) is 16.1 Å². The molecule has 1 aromatic heterocycles. The van der Waals surface area contributed by atoms with Gasteiger partial charge in [0.2, 0.25) is 0 Å². The lowest BCUT2D eigenvalue weighted by molar-refractivity contribution is -0.139. The first-order chi connectivity index (χ1) is 9.93. The molecule has 1 heterocycles. The largest absolute Gasteiger partial charge is 0.460 e. The van der Waals surface area contributed by atoms with Gasteiger partial charge in [0.05, 0.1) is 6.54 Å². The Bertz CT molecular complexity index is 603. The topological polar surface area (TPSA) is 31.2 Å². The van der Waals surface area contributed by atoms with E-state index in [1.165, 1.54) is 11.1 Å². The van der Waals surface area contributed by atoms with Gasteiger partial charge in [0.25, 0.3) is 0 Å². The Morgan fingerprint density at radius 2 is 1.86 bits per heavy atom. The number of nitrogens with zero attached hydrogens (tertiary/aromatic N) is 1. The normalized spacial score (nSPS) is 10.6. The number of hydrogen-bond acceptors (Lipinski definition) is 2. The van der Waals surface area contributed by atoms with Crippen LogP contribution in [0.2, 0.25) is 0 Å². The molecule has 0 unspecified atom stereocenters. The third-order valence-corrected chi connectivity index (χ3v) is 3.39. The Hall–Kier alpha value is -2.29. The van der Waals surface area contributed by atoms with Gasteiger partial charge >= 0.3 is 5.97 Å². The maximum Gasteiger partial charge on any atom is 0.333 e. The number of rotatable bonds is 7. The van der Waals surface area contributed by atoms with Gasteiger partial charge in [-0.25, -0.2) is 4.79 Å². The summed E-state index contributed by atoms with van der Waals surface area (Å²) in [6.07, 6.45) is 7.46. The van der Waals surface area contributed by atoms with Crippen LogP contribution in [0, 0.1) is 13.8 Å². The highest BCUT2D eigenvalue weighted by Crippen LogP contribution is 2.24. The zero-order chi connectivity index (χ0) is 16.0. The van der Waals surface area contributed by atoms with Crippen molar-refractivity contribution in [2.24, 2.45) is 0 Å². The predicted molar refractivity (Wildman–Crippen MR) is 89.0 cm³/mol. The second-order valence-electron chi connectivity index (χ2n) is 4.89. The molecule has 0 spiro atoms. The van der Waals surface area contributed by atoms with Crippen LogP contribution in [-0.4, -0.2) is 17.1 Å². The standard InChI is InChI=1S/C18H23NO2/c1-7-9-10-17-15(6)14(5)16(8-2)19(17)11-12-21-18(20)13(3)4/h7-10H,1-3,11-12H2,4-6H3/b10-9-. The molecule has 0 aliphatic rings. The third kappa shape index (κ3) is 3.85. The van der Waals surface area contributed by atoms with E-state index in [1.807, 2.05) is 18.2 Å². The smallest absolute Gasteiger partial charge is 0.333 e. The Labute approximate surface area is 126 Å². The fraction of sp³-hybridized carbons (Fsp3) is 0.278. The summed E-state index contributed by atoms with van der Waals surface area (Å²) in [4.78, 5) is 11.4. The predicted octanol–water partition coefficient (Wildman–Crippen LogP) is 4.07. The minimum absolute atomic E-state index is 0.301. The average Bonchev–Trinajstić information content (AvgIpc) is 2.68. The lowest BCUT2D eigenvalue weighted by Crippen LogP contribution is -2.13. The zero-order valence-corrected chi connectivity index (χ0v) is 13.1. The Kier molecular flexibility index (Phi) is 5.97. The summed E-state index contributed by atoms with van der Waals surface area (Å²) in [5.74, 6) is -0.362. The van der Waals surface area contributed by atoms with Gasteiger partial charge in [-0.15, -0.1) is 0 Å². The molecule has 0 fully saturated rings. The van der Waals surface area contributed by atoms with Crippen LogP contribution in [0.15, 0.2) is 37.5 Å². The van der Waals surface area contributed by atoms with Crippen LogP contribution in [0.4, 0.5) is 0 Å². The second kappa shape index (κ2) is 7.48. The number of carbonyl (C=O) groups is 1. The SMILES string of the molecule is C=C/C=C\c1c(C)c(C)c(C=C)n1CCOC(=O)C(=C)C. The number of allylic oxidation sites excluding steroid dienone is 2. The van der Waals surface area contributed by atoms with E-state index in [2.05, 4.69) is 38.2 Å². The lowest BCUT2D eigenvalue weighted by atomic mass is 10.1. The maximum absolute atomic E-state index is 11.4. The van der Waals surface area contributed by atoms with Crippen LogP contribution < -0.4 is 0 Å². The molecule has 0 aliphatic carbocycles. The van der Waals surface area contributed by atoms with Gasteiger partial charge in [-0.2, -0.15) is 0 Å². The fourth-order valence-corrected chi connectivity index (χ4v) is 2.15. The molecule has 1 aromatic rings. The first-order valence-corrected chi connectivity index (χ1v) is 6.87. The summed E-state index contributed by atoms with van der Waals surface area (Å²) in [6, 6.07) is 0. The number of ether oxygens (including phenoxy) is 1. The summed E-state index contributed by atoms with van der Waals surface area (Å²) in [5.41, 5.74) is 4.90. The molecule has 112 valence electrons. The molecule has 0 bridgehead atoms. The van der Waals surface area contributed by atoms with Gasteiger partial charge in [-0.05, 0) is 44.1 Å². The van der Waals surface area contributed by atoms with Crippen molar-refractivity contribution >= 4 is 18.1 Å². The van der Waals surface area contributed by atoms with Gasteiger partial charge in [-0.3, -0.25) is 0 Å². The third-order valence-electron chi connectivity index (χ3n) is 3.39.